The van der Waals surface area contributed by atoms with Crippen molar-refractivity contribution in [2.24, 2.45) is 23.7 Å². The number of hydrogen-bond donors (Lipinski definition) is 2. The van der Waals surface area contributed by atoms with Gasteiger partial charge in [0.05, 0.1) is 15.7 Å². The highest BCUT2D eigenvalue weighted by Gasteiger charge is 2.44. The molecule has 0 radical (unpaired) electrons. The molecule has 0 aliphatic heterocycles. The molecule has 2 unspecified atom stereocenters. The normalized spacial score (nSPS) is 24.6. The lowest BCUT2D eigenvalue weighted by Gasteiger charge is -2.34. The smallest absolute Gasteiger partial charge is 0.255 e. The van der Waals surface area contributed by atoms with Crippen LogP contribution in [0.4, 0.5) is 18.9 Å². The number of fused-ring (bicyclic) bond motifs is 2. The third-order valence-corrected chi connectivity index (χ3v) is 9.10. The molecule has 0 saturated heterocycles. The minimum Gasteiger partial charge on any atom is -0.396 e. The van der Waals surface area contributed by atoms with Gasteiger partial charge in [0.15, 0.2) is 27.3 Å². The number of hydrogen-bond acceptors (Lipinski definition) is 4. The SMILES string of the molecule is O=C(Nc1cc(F)c(F)c(F)c1)c1ccc(Cl)c(S(=O)(=O)CC2C3CC[C@H]2C[C@H](CO)C3)c1. The molecule has 2 fully saturated rings. The number of rotatable bonds is 6. The van der Waals surface area contributed by atoms with E-state index < -0.39 is 33.2 Å². The topological polar surface area (TPSA) is 83.5 Å². The predicted molar refractivity (Wildman–Crippen MR) is 117 cm³/mol. The number of nitrogens with one attached hydrogen (secondary N) is 1. The maximum Gasteiger partial charge on any atom is 0.255 e. The molecule has 2 aliphatic carbocycles. The predicted octanol–water partition coefficient (Wildman–Crippen LogP) is 4.83. The average Bonchev–Trinajstić information content (AvgIpc) is 2.98. The van der Waals surface area contributed by atoms with Crippen LogP contribution in [0.1, 0.15) is 36.0 Å². The van der Waals surface area contributed by atoms with Crippen molar-refractivity contribution in [2.75, 3.05) is 17.7 Å². The van der Waals surface area contributed by atoms with Crippen molar-refractivity contribution < 1.29 is 31.5 Å². The number of sulfone groups is 1. The minimum atomic E-state index is -3.83. The Balaban J connectivity index is 1.55. The Labute approximate surface area is 194 Å². The summed E-state index contributed by atoms with van der Waals surface area (Å²) in [6.45, 7) is 0.108. The zero-order valence-corrected chi connectivity index (χ0v) is 19.1. The molecule has 4 rings (SSSR count). The van der Waals surface area contributed by atoms with Crippen LogP contribution in [0.25, 0.3) is 0 Å². The van der Waals surface area contributed by atoms with Gasteiger partial charge >= 0.3 is 0 Å². The van der Waals surface area contributed by atoms with Gasteiger partial charge in [0.2, 0.25) is 0 Å². The molecule has 33 heavy (non-hydrogen) atoms. The Bertz CT molecular complexity index is 1150. The van der Waals surface area contributed by atoms with Crippen molar-refractivity contribution in [3.63, 3.8) is 0 Å². The highest BCUT2D eigenvalue weighted by Crippen LogP contribution is 2.50. The van der Waals surface area contributed by atoms with Crippen LogP contribution >= 0.6 is 11.6 Å². The van der Waals surface area contributed by atoms with Crippen molar-refractivity contribution in [3.05, 3.63) is 58.4 Å². The van der Waals surface area contributed by atoms with Crippen LogP contribution in [-0.4, -0.2) is 31.8 Å². The number of amides is 1. The fraction of sp³-hybridized carbons (Fsp3) is 0.435. The molecular weight excluding hydrogens is 479 g/mol. The summed E-state index contributed by atoms with van der Waals surface area (Å²) < 4.78 is 66.5. The number of anilines is 1. The second kappa shape index (κ2) is 9.27. The molecule has 2 saturated carbocycles. The van der Waals surface area contributed by atoms with E-state index in [2.05, 4.69) is 5.32 Å². The van der Waals surface area contributed by atoms with Gasteiger partial charge in [-0.3, -0.25) is 4.79 Å². The molecule has 178 valence electrons. The average molecular weight is 502 g/mol. The maximum atomic E-state index is 13.4. The quantitative estimate of drug-likeness (QED) is 0.555. The first-order valence-corrected chi connectivity index (χ1v) is 12.7. The fourth-order valence-electron chi connectivity index (χ4n) is 5.26. The summed E-state index contributed by atoms with van der Waals surface area (Å²) in [6.07, 6.45) is 3.47. The number of carbonyl (C=O) groups is 1. The molecule has 2 aromatic carbocycles. The van der Waals surface area contributed by atoms with Crippen molar-refractivity contribution in [1.82, 2.24) is 0 Å². The van der Waals surface area contributed by atoms with Crippen molar-refractivity contribution in [2.45, 2.75) is 30.6 Å². The molecule has 10 heteroatoms. The molecule has 4 atom stereocenters. The molecule has 2 N–H and O–H groups in total. The lowest BCUT2D eigenvalue weighted by atomic mass is 9.74. The minimum absolute atomic E-state index is 0.0261. The first kappa shape index (κ1) is 24.0. The number of halogens is 4. The van der Waals surface area contributed by atoms with Gasteiger partial charge in [-0.25, -0.2) is 21.6 Å². The van der Waals surface area contributed by atoms with Crippen LogP contribution < -0.4 is 5.32 Å². The summed E-state index contributed by atoms with van der Waals surface area (Å²) in [5.74, 6) is -4.87. The standard InChI is InChI=1S/C23H23ClF3NO4S/c24-18-4-3-15(23(30)28-16-8-19(25)22(27)20(26)9-16)7-21(18)33(31,32)11-17-13-1-2-14(17)6-12(5-13)10-29/h3-4,7-9,12-14,17,29H,1-2,5-6,10-11H2,(H,28,30)/t12-,13-,14?,17?/m0/s1. The van der Waals surface area contributed by atoms with Gasteiger partial charge in [0.1, 0.15) is 0 Å². The van der Waals surface area contributed by atoms with Crippen molar-refractivity contribution in [1.29, 1.82) is 0 Å². The van der Waals surface area contributed by atoms with Gasteiger partial charge < -0.3 is 10.4 Å². The Kier molecular flexibility index (Phi) is 6.75. The van der Waals surface area contributed by atoms with Crippen LogP contribution in [0.2, 0.25) is 5.02 Å². The summed E-state index contributed by atoms with van der Waals surface area (Å²) in [5, 5.41) is 11.7. The molecule has 0 heterocycles. The number of benzene rings is 2. The first-order valence-electron chi connectivity index (χ1n) is 10.7. The Hall–Kier alpha value is -2.10. The molecule has 1 amide bonds. The van der Waals surface area contributed by atoms with E-state index >= 15 is 0 Å². The Morgan fingerprint density at radius 1 is 1.06 bits per heavy atom. The monoisotopic (exact) mass is 501 g/mol. The van der Waals surface area contributed by atoms with E-state index in [1.54, 1.807) is 0 Å². The zero-order valence-electron chi connectivity index (χ0n) is 17.5. The summed E-state index contributed by atoms with van der Waals surface area (Å²) in [6, 6.07) is 4.98. The molecular formula is C23H23ClF3NO4S. The second-order valence-electron chi connectivity index (χ2n) is 8.92. The van der Waals surface area contributed by atoms with E-state index in [1.807, 2.05) is 0 Å². The Morgan fingerprint density at radius 3 is 2.24 bits per heavy atom. The molecule has 2 aromatic rings. The van der Waals surface area contributed by atoms with Crippen LogP contribution in [0, 0.1) is 41.1 Å². The molecule has 2 bridgehead atoms. The summed E-state index contributed by atoms with van der Waals surface area (Å²) in [7, 11) is -3.83. The third-order valence-electron chi connectivity index (χ3n) is 6.83. The summed E-state index contributed by atoms with van der Waals surface area (Å²) >= 11 is 6.17. The summed E-state index contributed by atoms with van der Waals surface area (Å²) in [4.78, 5) is 12.4. The lowest BCUT2D eigenvalue weighted by molar-refractivity contribution is 0.102. The number of aliphatic hydroxyl groups is 1. The largest absolute Gasteiger partial charge is 0.396 e. The maximum absolute atomic E-state index is 13.4. The van der Waals surface area contributed by atoms with Crippen LogP contribution in [-0.2, 0) is 9.84 Å². The highest BCUT2D eigenvalue weighted by molar-refractivity contribution is 7.91. The molecule has 5 nitrogen and oxygen atoms in total. The van der Waals surface area contributed by atoms with E-state index in [0.29, 0.717) is 12.1 Å². The van der Waals surface area contributed by atoms with Crippen molar-refractivity contribution >= 4 is 33.0 Å². The van der Waals surface area contributed by atoms with Crippen LogP contribution in [0.5, 0.6) is 0 Å². The van der Waals surface area contributed by atoms with E-state index in [9.17, 15) is 31.5 Å². The van der Waals surface area contributed by atoms with Crippen LogP contribution in [0.15, 0.2) is 35.2 Å². The van der Waals surface area contributed by atoms with E-state index in [4.69, 9.17) is 11.6 Å². The van der Waals surface area contributed by atoms with Gasteiger partial charge in [0.25, 0.3) is 5.91 Å². The van der Waals surface area contributed by atoms with Gasteiger partial charge in [-0.15, -0.1) is 0 Å². The molecule has 0 aromatic heterocycles. The molecule has 2 aliphatic rings. The highest BCUT2D eigenvalue weighted by atomic mass is 35.5. The number of carbonyl (C=O) groups excluding carboxylic acids is 1. The summed E-state index contributed by atoms with van der Waals surface area (Å²) in [5.41, 5.74) is -0.386. The van der Waals surface area contributed by atoms with Crippen molar-refractivity contribution in [3.8, 4) is 0 Å². The Morgan fingerprint density at radius 2 is 1.67 bits per heavy atom. The van der Waals surface area contributed by atoms with E-state index in [0.717, 1.165) is 31.7 Å². The second-order valence-corrected chi connectivity index (χ2v) is 11.3. The first-order chi connectivity index (χ1) is 15.6. The van der Waals surface area contributed by atoms with Gasteiger partial charge in [-0.05, 0) is 67.6 Å². The number of aliphatic hydroxyl groups excluding tert-OH is 1. The van der Waals surface area contributed by atoms with Gasteiger partial charge in [0, 0.05) is 30.0 Å². The van der Waals surface area contributed by atoms with Gasteiger partial charge in [-0.1, -0.05) is 11.6 Å². The van der Waals surface area contributed by atoms with E-state index in [-0.39, 0.29) is 57.2 Å². The van der Waals surface area contributed by atoms with Gasteiger partial charge in [-0.2, -0.15) is 0 Å². The third kappa shape index (κ3) is 4.90. The zero-order chi connectivity index (χ0) is 23.9. The van der Waals surface area contributed by atoms with E-state index in [1.165, 1.54) is 12.1 Å². The lowest BCUT2D eigenvalue weighted by Crippen LogP contribution is -2.32. The molecule has 0 spiro atoms. The fourth-order valence-corrected chi connectivity index (χ4v) is 7.63. The van der Waals surface area contributed by atoms with Crippen LogP contribution in [0.3, 0.4) is 0 Å².